The summed E-state index contributed by atoms with van der Waals surface area (Å²) in [5, 5.41) is 0. The van der Waals surface area contributed by atoms with Gasteiger partial charge in [-0.3, -0.25) is 4.79 Å². The van der Waals surface area contributed by atoms with Crippen LogP contribution in [0.4, 0.5) is 8.78 Å². The van der Waals surface area contributed by atoms with Crippen molar-refractivity contribution in [1.29, 1.82) is 0 Å². The highest BCUT2D eigenvalue weighted by molar-refractivity contribution is 5.48. The fourth-order valence-electron chi connectivity index (χ4n) is 0.987. The second-order valence-corrected chi connectivity index (χ2v) is 2.42. The summed E-state index contributed by atoms with van der Waals surface area (Å²) >= 11 is 0. The van der Waals surface area contributed by atoms with Crippen molar-refractivity contribution < 1.29 is 18.3 Å². The van der Waals surface area contributed by atoms with Crippen LogP contribution in [0.3, 0.4) is 0 Å². The molecule has 0 fully saturated rings. The Labute approximate surface area is 74.1 Å². The van der Waals surface area contributed by atoms with Gasteiger partial charge in [0.1, 0.15) is 19.1 Å². The quantitative estimate of drug-likeness (QED) is 0.673. The summed E-state index contributed by atoms with van der Waals surface area (Å²) in [6, 6.07) is 4.15. The number of carbonyl (C=O) groups is 1. The van der Waals surface area contributed by atoms with E-state index in [1.807, 2.05) is 0 Å². The zero-order chi connectivity index (χ0) is 9.68. The molecular formula is C9H8F2O2. The van der Waals surface area contributed by atoms with E-state index in [1.54, 1.807) is 0 Å². The first-order valence-corrected chi connectivity index (χ1v) is 3.66. The lowest BCUT2D eigenvalue weighted by Crippen LogP contribution is -1.94. The van der Waals surface area contributed by atoms with Gasteiger partial charge in [-0.15, -0.1) is 0 Å². The highest BCUT2D eigenvalue weighted by Crippen LogP contribution is 2.21. The van der Waals surface area contributed by atoms with Gasteiger partial charge in [-0.25, -0.2) is 8.78 Å². The van der Waals surface area contributed by atoms with E-state index in [0.29, 0.717) is 5.56 Å². The third kappa shape index (κ3) is 2.24. The molecule has 0 amide bonds. The van der Waals surface area contributed by atoms with E-state index in [4.69, 9.17) is 0 Å². The van der Waals surface area contributed by atoms with Crippen LogP contribution in [0.25, 0.3) is 0 Å². The van der Waals surface area contributed by atoms with Crippen molar-refractivity contribution in [3.63, 3.8) is 0 Å². The molecule has 0 heterocycles. The van der Waals surface area contributed by atoms with E-state index in [9.17, 15) is 13.6 Å². The van der Waals surface area contributed by atoms with Crippen LogP contribution in [0.2, 0.25) is 0 Å². The molecule has 2 nitrogen and oxygen atoms in total. The average Bonchev–Trinajstić information content (AvgIpc) is 2.19. The van der Waals surface area contributed by atoms with Gasteiger partial charge in [0.25, 0.3) is 6.47 Å². The van der Waals surface area contributed by atoms with Crippen molar-refractivity contribution in [2.24, 2.45) is 0 Å². The standard InChI is InChI=1S/C9H8F2O2/c10-4-7-1-2-9(13-6-12)8(3-7)5-11/h1-3,6H,4-5H2. The Bertz CT molecular complexity index is 300. The predicted molar refractivity (Wildman–Crippen MR) is 42.8 cm³/mol. The number of alkyl halides is 2. The van der Waals surface area contributed by atoms with Crippen molar-refractivity contribution in [1.82, 2.24) is 0 Å². The molecular weight excluding hydrogens is 178 g/mol. The molecule has 0 radical (unpaired) electrons. The van der Waals surface area contributed by atoms with E-state index in [2.05, 4.69) is 4.74 Å². The molecule has 0 saturated carbocycles. The molecule has 70 valence electrons. The summed E-state index contributed by atoms with van der Waals surface area (Å²) in [6.45, 7) is -1.23. The van der Waals surface area contributed by atoms with Gasteiger partial charge in [0.2, 0.25) is 0 Å². The zero-order valence-electron chi connectivity index (χ0n) is 6.80. The number of hydrogen-bond acceptors (Lipinski definition) is 2. The molecule has 1 rings (SSSR count). The first kappa shape index (κ1) is 9.64. The van der Waals surface area contributed by atoms with Gasteiger partial charge in [-0.2, -0.15) is 0 Å². The molecule has 0 atom stereocenters. The molecule has 0 unspecified atom stereocenters. The second kappa shape index (κ2) is 4.54. The highest BCUT2D eigenvalue weighted by atomic mass is 19.1. The van der Waals surface area contributed by atoms with Gasteiger partial charge in [0.15, 0.2) is 0 Å². The monoisotopic (exact) mass is 186 g/mol. The Balaban J connectivity index is 3.00. The molecule has 4 heteroatoms. The van der Waals surface area contributed by atoms with Crippen molar-refractivity contribution in [2.75, 3.05) is 0 Å². The first-order valence-electron chi connectivity index (χ1n) is 3.66. The van der Waals surface area contributed by atoms with Crippen molar-refractivity contribution in [3.05, 3.63) is 29.3 Å². The highest BCUT2D eigenvalue weighted by Gasteiger charge is 2.04. The minimum atomic E-state index is -0.781. The zero-order valence-corrected chi connectivity index (χ0v) is 6.80. The first-order chi connectivity index (χ1) is 6.31. The Kier molecular flexibility index (Phi) is 3.37. The molecule has 0 aliphatic rings. The topological polar surface area (TPSA) is 26.3 Å². The van der Waals surface area contributed by atoms with Crippen molar-refractivity contribution in [3.8, 4) is 5.75 Å². The normalized spacial score (nSPS) is 9.69. The van der Waals surface area contributed by atoms with Crippen LogP contribution in [-0.2, 0) is 18.1 Å². The Morgan fingerprint density at radius 3 is 2.62 bits per heavy atom. The van der Waals surface area contributed by atoms with E-state index >= 15 is 0 Å². The molecule has 0 N–H and O–H groups in total. The van der Waals surface area contributed by atoms with Crippen LogP contribution in [0.1, 0.15) is 11.1 Å². The Morgan fingerprint density at radius 2 is 2.08 bits per heavy atom. The van der Waals surface area contributed by atoms with Crippen LogP contribution in [0.5, 0.6) is 5.75 Å². The predicted octanol–water partition coefficient (Wildman–Crippen LogP) is 2.16. The van der Waals surface area contributed by atoms with Crippen LogP contribution in [0.15, 0.2) is 18.2 Å². The third-order valence-corrected chi connectivity index (χ3v) is 1.60. The fraction of sp³-hybridized carbons (Fsp3) is 0.222. The van der Waals surface area contributed by atoms with Crippen LogP contribution < -0.4 is 4.74 Å². The number of benzene rings is 1. The molecule has 0 saturated heterocycles. The maximum atomic E-state index is 12.3. The molecule has 0 aliphatic heterocycles. The van der Waals surface area contributed by atoms with Crippen LogP contribution in [0, 0.1) is 0 Å². The van der Waals surface area contributed by atoms with E-state index in [-0.39, 0.29) is 17.8 Å². The molecule has 0 aliphatic carbocycles. The van der Waals surface area contributed by atoms with E-state index in [1.165, 1.54) is 18.2 Å². The number of rotatable bonds is 4. The van der Waals surface area contributed by atoms with E-state index in [0.717, 1.165) is 0 Å². The Hall–Kier alpha value is -1.45. The van der Waals surface area contributed by atoms with E-state index < -0.39 is 13.3 Å². The van der Waals surface area contributed by atoms with Gasteiger partial charge >= 0.3 is 0 Å². The number of ether oxygens (including phenoxy) is 1. The van der Waals surface area contributed by atoms with Gasteiger partial charge in [0.05, 0.1) is 0 Å². The van der Waals surface area contributed by atoms with Gasteiger partial charge in [-0.1, -0.05) is 6.07 Å². The van der Waals surface area contributed by atoms with Crippen molar-refractivity contribution >= 4 is 6.47 Å². The summed E-state index contributed by atoms with van der Waals surface area (Å²) in [5.41, 5.74) is 0.549. The Morgan fingerprint density at radius 1 is 1.31 bits per heavy atom. The smallest absolute Gasteiger partial charge is 0.298 e. The number of hydrogen-bond donors (Lipinski definition) is 0. The molecule has 0 bridgehead atoms. The summed E-state index contributed by atoms with van der Waals surface area (Å²) in [5.74, 6) is 0.134. The maximum Gasteiger partial charge on any atom is 0.298 e. The molecule has 0 aromatic heterocycles. The van der Waals surface area contributed by atoms with Gasteiger partial charge < -0.3 is 4.74 Å². The summed E-state index contributed by atoms with van der Waals surface area (Å²) < 4.78 is 28.9. The van der Waals surface area contributed by atoms with Crippen LogP contribution in [-0.4, -0.2) is 6.47 Å². The largest absolute Gasteiger partial charge is 0.428 e. The lowest BCUT2D eigenvalue weighted by molar-refractivity contribution is -0.120. The molecule has 0 spiro atoms. The summed E-state index contributed by atoms with van der Waals surface area (Å²) in [7, 11) is 0. The molecule has 13 heavy (non-hydrogen) atoms. The van der Waals surface area contributed by atoms with Gasteiger partial charge in [-0.05, 0) is 17.7 Å². The lowest BCUT2D eigenvalue weighted by atomic mass is 10.1. The molecule has 1 aromatic rings. The maximum absolute atomic E-state index is 12.3. The van der Waals surface area contributed by atoms with Crippen molar-refractivity contribution in [2.45, 2.75) is 13.3 Å². The SMILES string of the molecule is O=COc1ccc(CF)cc1CF. The second-order valence-electron chi connectivity index (χ2n) is 2.42. The fourth-order valence-corrected chi connectivity index (χ4v) is 0.987. The third-order valence-electron chi connectivity index (χ3n) is 1.60. The minimum absolute atomic E-state index is 0.134. The lowest BCUT2D eigenvalue weighted by Gasteiger charge is -2.04. The summed E-state index contributed by atoms with van der Waals surface area (Å²) in [6.07, 6.45) is 0. The van der Waals surface area contributed by atoms with Crippen LogP contribution >= 0.6 is 0 Å². The number of carbonyl (C=O) groups excluding carboxylic acids is 1. The number of halogens is 2. The van der Waals surface area contributed by atoms with Gasteiger partial charge in [0, 0.05) is 5.56 Å². The average molecular weight is 186 g/mol. The summed E-state index contributed by atoms with van der Waals surface area (Å²) in [4.78, 5) is 9.98. The molecule has 1 aromatic carbocycles. The minimum Gasteiger partial charge on any atom is -0.428 e.